The van der Waals surface area contributed by atoms with Gasteiger partial charge in [0.1, 0.15) is 11.4 Å². The first-order valence-electron chi connectivity index (χ1n) is 8.08. The second-order valence-corrected chi connectivity index (χ2v) is 6.82. The van der Waals surface area contributed by atoms with Gasteiger partial charge in [-0.15, -0.1) is 0 Å². The molecule has 0 saturated carbocycles. The maximum atomic E-state index is 6.66. The van der Waals surface area contributed by atoms with E-state index >= 15 is 0 Å². The Morgan fingerprint density at radius 2 is 1.81 bits per heavy atom. The maximum Gasteiger partial charge on any atom is 0.127 e. The maximum absolute atomic E-state index is 6.66. The Bertz CT molecular complexity index is 506. The normalized spacial score (nSPS) is 23.8. The first kappa shape index (κ1) is 16.3. The highest BCUT2D eigenvalue weighted by Crippen LogP contribution is 2.44. The van der Waals surface area contributed by atoms with Crippen molar-refractivity contribution >= 4 is 0 Å². The molecule has 1 aliphatic rings. The minimum absolute atomic E-state index is 0.0305. The smallest absolute Gasteiger partial charge is 0.127 e. The lowest BCUT2D eigenvalue weighted by molar-refractivity contribution is -0.00594. The lowest BCUT2D eigenvalue weighted by atomic mass is 9.77. The van der Waals surface area contributed by atoms with Gasteiger partial charge in [0.25, 0.3) is 0 Å². The van der Waals surface area contributed by atoms with Crippen LogP contribution < -0.4 is 10.5 Å². The van der Waals surface area contributed by atoms with Gasteiger partial charge >= 0.3 is 0 Å². The Morgan fingerprint density at radius 1 is 1.19 bits per heavy atom. The fraction of sp³-hybridized carbons (Fsp3) is 0.667. The highest BCUT2D eigenvalue weighted by Gasteiger charge is 2.43. The molecular formula is C18H30N2O. The van der Waals surface area contributed by atoms with E-state index in [1.165, 1.54) is 16.7 Å². The molecule has 1 aromatic carbocycles. The van der Waals surface area contributed by atoms with Crippen molar-refractivity contribution in [2.45, 2.75) is 53.2 Å². The van der Waals surface area contributed by atoms with Gasteiger partial charge in [0, 0.05) is 24.1 Å². The van der Waals surface area contributed by atoms with Crippen LogP contribution in [0.5, 0.6) is 5.75 Å². The minimum atomic E-state index is -0.241. The van der Waals surface area contributed by atoms with Crippen molar-refractivity contribution < 1.29 is 4.74 Å². The third-order valence-electron chi connectivity index (χ3n) is 4.85. The molecule has 0 spiro atoms. The van der Waals surface area contributed by atoms with Crippen molar-refractivity contribution in [3.05, 3.63) is 28.8 Å². The molecule has 0 bridgehead atoms. The third-order valence-corrected chi connectivity index (χ3v) is 4.85. The van der Waals surface area contributed by atoms with Crippen LogP contribution in [0.25, 0.3) is 0 Å². The molecule has 2 atom stereocenters. The van der Waals surface area contributed by atoms with E-state index in [-0.39, 0.29) is 11.6 Å². The summed E-state index contributed by atoms with van der Waals surface area (Å²) in [5.41, 5.74) is 10.0. The molecule has 0 aromatic heterocycles. The van der Waals surface area contributed by atoms with E-state index in [4.69, 9.17) is 10.5 Å². The Morgan fingerprint density at radius 3 is 2.38 bits per heavy atom. The van der Waals surface area contributed by atoms with E-state index in [2.05, 4.69) is 58.6 Å². The molecule has 3 nitrogen and oxygen atoms in total. The topological polar surface area (TPSA) is 38.5 Å². The van der Waals surface area contributed by atoms with Gasteiger partial charge < -0.3 is 15.4 Å². The quantitative estimate of drug-likeness (QED) is 0.923. The van der Waals surface area contributed by atoms with Gasteiger partial charge in [0.15, 0.2) is 0 Å². The SMILES string of the molecule is CCN(CC)CC1C(N)c2cc(C)cc(C)c2OC1(C)C. The molecule has 21 heavy (non-hydrogen) atoms. The molecule has 1 heterocycles. The van der Waals surface area contributed by atoms with Crippen molar-refractivity contribution in [3.8, 4) is 5.75 Å². The summed E-state index contributed by atoms with van der Waals surface area (Å²) >= 11 is 0. The highest BCUT2D eigenvalue weighted by molar-refractivity contribution is 5.47. The van der Waals surface area contributed by atoms with Crippen molar-refractivity contribution in [3.63, 3.8) is 0 Å². The number of nitrogens with two attached hydrogens (primary N) is 1. The van der Waals surface area contributed by atoms with Gasteiger partial charge in [-0.3, -0.25) is 0 Å². The van der Waals surface area contributed by atoms with E-state index in [9.17, 15) is 0 Å². The predicted octanol–water partition coefficient (Wildman–Crippen LogP) is 3.43. The van der Waals surface area contributed by atoms with Gasteiger partial charge in [0.05, 0.1) is 0 Å². The van der Waals surface area contributed by atoms with Crippen LogP contribution >= 0.6 is 0 Å². The molecular weight excluding hydrogens is 260 g/mol. The van der Waals surface area contributed by atoms with Gasteiger partial charge in [-0.2, -0.15) is 0 Å². The number of rotatable bonds is 4. The molecule has 118 valence electrons. The highest BCUT2D eigenvalue weighted by atomic mass is 16.5. The number of ether oxygens (including phenoxy) is 1. The summed E-state index contributed by atoms with van der Waals surface area (Å²) in [4.78, 5) is 2.43. The van der Waals surface area contributed by atoms with Crippen LogP contribution in [0.2, 0.25) is 0 Å². The number of fused-ring (bicyclic) bond motifs is 1. The Labute approximate surface area is 129 Å². The van der Waals surface area contributed by atoms with Crippen LogP contribution in [-0.2, 0) is 0 Å². The molecule has 0 saturated heterocycles. The summed E-state index contributed by atoms with van der Waals surface area (Å²) in [6, 6.07) is 4.40. The van der Waals surface area contributed by atoms with Gasteiger partial charge in [-0.05, 0) is 46.3 Å². The third kappa shape index (κ3) is 3.09. The van der Waals surface area contributed by atoms with Crippen LogP contribution in [-0.4, -0.2) is 30.1 Å². The summed E-state index contributed by atoms with van der Waals surface area (Å²) in [6.07, 6.45) is 0. The molecule has 1 aliphatic heterocycles. The van der Waals surface area contributed by atoms with Crippen LogP contribution in [0.15, 0.2) is 12.1 Å². The van der Waals surface area contributed by atoms with Crippen molar-refractivity contribution in [2.24, 2.45) is 11.7 Å². The molecule has 0 radical (unpaired) electrons. The monoisotopic (exact) mass is 290 g/mol. The number of hydrogen-bond donors (Lipinski definition) is 1. The van der Waals surface area contributed by atoms with Crippen molar-refractivity contribution in [1.29, 1.82) is 0 Å². The Hall–Kier alpha value is -1.06. The van der Waals surface area contributed by atoms with E-state index in [1.54, 1.807) is 0 Å². The van der Waals surface area contributed by atoms with Gasteiger partial charge in [0.2, 0.25) is 0 Å². The number of aryl methyl sites for hydroxylation is 2. The zero-order valence-corrected chi connectivity index (χ0v) is 14.4. The average Bonchev–Trinajstić information content (AvgIpc) is 2.40. The Kier molecular flexibility index (Phi) is 4.64. The van der Waals surface area contributed by atoms with Crippen LogP contribution in [0.4, 0.5) is 0 Å². The summed E-state index contributed by atoms with van der Waals surface area (Å²) in [7, 11) is 0. The lowest BCUT2D eigenvalue weighted by Crippen LogP contribution is -2.52. The summed E-state index contributed by atoms with van der Waals surface area (Å²) < 4.78 is 6.37. The molecule has 2 unspecified atom stereocenters. The fourth-order valence-electron chi connectivity index (χ4n) is 3.46. The summed E-state index contributed by atoms with van der Waals surface area (Å²) in [5, 5.41) is 0. The molecule has 2 rings (SSSR count). The largest absolute Gasteiger partial charge is 0.487 e. The van der Waals surface area contributed by atoms with E-state index in [1.807, 2.05) is 0 Å². The summed E-state index contributed by atoms with van der Waals surface area (Å²) in [5.74, 6) is 1.29. The number of nitrogens with zero attached hydrogens (tertiary/aromatic N) is 1. The average molecular weight is 290 g/mol. The fourth-order valence-corrected chi connectivity index (χ4v) is 3.46. The molecule has 0 fully saturated rings. The van der Waals surface area contributed by atoms with Crippen molar-refractivity contribution in [2.75, 3.05) is 19.6 Å². The second-order valence-electron chi connectivity index (χ2n) is 6.82. The minimum Gasteiger partial charge on any atom is -0.487 e. The molecule has 2 N–H and O–H groups in total. The number of benzene rings is 1. The molecule has 0 aliphatic carbocycles. The van der Waals surface area contributed by atoms with Crippen LogP contribution in [0.1, 0.15) is 50.4 Å². The molecule has 3 heteroatoms. The first-order chi connectivity index (χ1) is 9.80. The summed E-state index contributed by atoms with van der Waals surface area (Å²) in [6.45, 7) is 16.1. The van der Waals surface area contributed by atoms with E-state index in [0.29, 0.717) is 5.92 Å². The van der Waals surface area contributed by atoms with Crippen LogP contribution in [0.3, 0.4) is 0 Å². The van der Waals surface area contributed by atoms with Gasteiger partial charge in [-0.1, -0.05) is 31.5 Å². The lowest BCUT2D eigenvalue weighted by Gasteiger charge is -2.46. The zero-order chi connectivity index (χ0) is 15.8. The predicted molar refractivity (Wildman–Crippen MR) is 88.8 cm³/mol. The number of hydrogen-bond acceptors (Lipinski definition) is 3. The first-order valence-corrected chi connectivity index (χ1v) is 8.08. The van der Waals surface area contributed by atoms with Gasteiger partial charge in [-0.25, -0.2) is 0 Å². The van der Waals surface area contributed by atoms with Crippen LogP contribution in [0, 0.1) is 19.8 Å². The van der Waals surface area contributed by atoms with E-state index < -0.39 is 0 Å². The molecule has 1 aromatic rings. The molecule has 0 amide bonds. The van der Waals surface area contributed by atoms with Crippen molar-refractivity contribution in [1.82, 2.24) is 4.90 Å². The second kappa shape index (κ2) is 5.98. The standard InChI is InChI=1S/C18H30N2O/c1-7-20(8-2)11-15-16(19)14-10-12(3)9-13(4)17(14)21-18(15,5)6/h9-10,15-16H,7-8,11,19H2,1-6H3. The van der Waals surface area contributed by atoms with E-state index in [0.717, 1.165) is 25.4 Å². The Balaban J connectivity index is 2.40. The zero-order valence-electron chi connectivity index (χ0n) is 14.4.